The van der Waals surface area contributed by atoms with E-state index in [1.807, 2.05) is 39.5 Å². The largest absolute Gasteiger partial charge is 0.442 e. The van der Waals surface area contributed by atoms with E-state index < -0.39 is 17.6 Å². The fourth-order valence-electron chi connectivity index (χ4n) is 4.82. The number of alkyl halides is 3. The Morgan fingerprint density at radius 3 is 2.59 bits per heavy atom. The summed E-state index contributed by atoms with van der Waals surface area (Å²) >= 11 is 1.65. The number of aromatic nitrogens is 1. The molecular weight excluding hydrogens is 506 g/mol. The van der Waals surface area contributed by atoms with Crippen molar-refractivity contribution in [3.63, 3.8) is 0 Å². The minimum absolute atomic E-state index is 0.133. The highest BCUT2D eigenvalue weighted by atomic mass is 32.2. The zero-order chi connectivity index (χ0) is 27.2. The van der Waals surface area contributed by atoms with E-state index in [0.29, 0.717) is 30.0 Å². The van der Waals surface area contributed by atoms with Gasteiger partial charge >= 0.3 is 6.18 Å². The Hall–Kier alpha value is -2.40. The van der Waals surface area contributed by atoms with Crippen molar-refractivity contribution in [3.05, 3.63) is 47.4 Å². The van der Waals surface area contributed by atoms with Crippen molar-refractivity contribution in [2.24, 2.45) is 16.1 Å². The zero-order valence-corrected chi connectivity index (χ0v) is 22.8. The summed E-state index contributed by atoms with van der Waals surface area (Å²) in [5.74, 6) is 1.14. The van der Waals surface area contributed by atoms with E-state index in [1.165, 1.54) is 12.5 Å². The van der Waals surface area contributed by atoms with Gasteiger partial charge in [0.1, 0.15) is 11.5 Å². The quantitative estimate of drug-likeness (QED) is 0.129. The van der Waals surface area contributed by atoms with Gasteiger partial charge in [-0.1, -0.05) is 13.8 Å². The van der Waals surface area contributed by atoms with Crippen LogP contribution in [0, 0.1) is 18.7 Å². The third-order valence-corrected chi connectivity index (χ3v) is 7.54. The van der Waals surface area contributed by atoms with Gasteiger partial charge in [-0.15, -0.1) is 16.9 Å². The summed E-state index contributed by atoms with van der Waals surface area (Å²) in [6.45, 7) is 12.9. The van der Waals surface area contributed by atoms with Crippen LogP contribution in [0.5, 0.6) is 0 Å². The Kier molecular flexibility index (Phi) is 10.2. The molecule has 2 saturated heterocycles. The SMILES string of the molecule is C/C(=N\N=C(/C)c1ocnc1C)SCCCN1CC2CCN(c3ccc(C(F)(F)F)cc3F)C2C1.CC. The summed E-state index contributed by atoms with van der Waals surface area (Å²) in [6.07, 6.45) is -1.26. The van der Waals surface area contributed by atoms with E-state index in [2.05, 4.69) is 20.1 Å². The maximum absolute atomic E-state index is 14.5. The molecule has 2 aliphatic heterocycles. The molecule has 37 heavy (non-hydrogen) atoms. The Balaban J connectivity index is 0.00000186. The second kappa shape index (κ2) is 12.9. The molecule has 2 aliphatic rings. The Morgan fingerprint density at radius 1 is 1.19 bits per heavy atom. The van der Waals surface area contributed by atoms with Crippen LogP contribution in [0.3, 0.4) is 0 Å². The Morgan fingerprint density at radius 2 is 1.95 bits per heavy atom. The predicted octanol–water partition coefficient (Wildman–Crippen LogP) is 6.64. The van der Waals surface area contributed by atoms with Crippen LogP contribution in [-0.4, -0.2) is 58.6 Å². The van der Waals surface area contributed by atoms with Crippen molar-refractivity contribution in [3.8, 4) is 0 Å². The predicted molar refractivity (Wildman–Crippen MR) is 142 cm³/mol. The average Bonchev–Trinajstić information content (AvgIpc) is 3.57. The van der Waals surface area contributed by atoms with Gasteiger partial charge < -0.3 is 14.2 Å². The molecule has 11 heteroatoms. The molecule has 0 saturated carbocycles. The molecule has 1 aromatic heterocycles. The van der Waals surface area contributed by atoms with Crippen molar-refractivity contribution in [1.82, 2.24) is 9.88 Å². The van der Waals surface area contributed by atoms with Gasteiger partial charge in [0.15, 0.2) is 12.2 Å². The summed E-state index contributed by atoms with van der Waals surface area (Å²) in [5, 5.41) is 9.35. The first-order valence-corrected chi connectivity index (χ1v) is 13.6. The molecule has 0 spiro atoms. The summed E-state index contributed by atoms with van der Waals surface area (Å²) in [5.41, 5.74) is 0.776. The molecule has 0 N–H and O–H groups in total. The maximum atomic E-state index is 14.5. The molecule has 2 fully saturated rings. The van der Waals surface area contributed by atoms with Crippen molar-refractivity contribution < 1.29 is 22.0 Å². The second-order valence-corrected chi connectivity index (χ2v) is 10.3. The molecule has 0 radical (unpaired) electrons. The van der Waals surface area contributed by atoms with Crippen LogP contribution >= 0.6 is 11.8 Å². The van der Waals surface area contributed by atoms with Crippen LogP contribution in [0.1, 0.15) is 57.6 Å². The molecule has 204 valence electrons. The number of anilines is 1. The fourth-order valence-corrected chi connectivity index (χ4v) is 5.49. The first-order chi connectivity index (χ1) is 17.6. The van der Waals surface area contributed by atoms with E-state index in [1.54, 1.807) is 11.8 Å². The van der Waals surface area contributed by atoms with Gasteiger partial charge in [-0.2, -0.15) is 18.3 Å². The first-order valence-electron chi connectivity index (χ1n) is 12.6. The lowest BCUT2D eigenvalue weighted by atomic mass is 10.0. The van der Waals surface area contributed by atoms with Crippen molar-refractivity contribution in [2.75, 3.05) is 36.8 Å². The van der Waals surface area contributed by atoms with Gasteiger partial charge in [0.05, 0.1) is 22.0 Å². The van der Waals surface area contributed by atoms with Crippen LogP contribution in [-0.2, 0) is 6.18 Å². The van der Waals surface area contributed by atoms with Crippen LogP contribution in [0.15, 0.2) is 39.2 Å². The third-order valence-electron chi connectivity index (χ3n) is 6.55. The number of oxazole rings is 1. The standard InChI is InChI=1S/C24H29F4N5OS.C2H6/c1-15-23(34-14-29-15)16(2)30-31-17(3)35-10-4-8-32-12-18-7-9-33(22(18)13-32)21-6-5-19(11-20(21)25)24(26,27)28;1-2/h5-6,11,14,18,22H,4,7-10,12-13H2,1-3H3;1-2H3/b30-16+,31-17+;. The lowest BCUT2D eigenvalue weighted by molar-refractivity contribution is -0.137. The number of rotatable bonds is 7. The van der Waals surface area contributed by atoms with Gasteiger partial charge in [0.2, 0.25) is 0 Å². The zero-order valence-electron chi connectivity index (χ0n) is 22.0. The fraction of sp³-hybridized carbons (Fsp3) is 0.577. The average molecular weight is 542 g/mol. The van der Waals surface area contributed by atoms with Crippen LogP contribution in [0.25, 0.3) is 0 Å². The number of fused-ring (bicyclic) bond motifs is 1. The molecule has 2 atom stereocenters. The number of aryl methyl sites for hydroxylation is 1. The number of hydrogen-bond acceptors (Lipinski definition) is 7. The molecule has 0 bridgehead atoms. The minimum Gasteiger partial charge on any atom is -0.442 e. The highest BCUT2D eigenvalue weighted by Crippen LogP contribution is 2.38. The molecule has 3 heterocycles. The number of benzene rings is 1. The van der Waals surface area contributed by atoms with Crippen LogP contribution in [0.4, 0.5) is 23.2 Å². The molecule has 4 rings (SSSR count). The number of thioether (sulfide) groups is 1. The number of likely N-dealkylation sites (tertiary alicyclic amines) is 1. The van der Waals surface area contributed by atoms with Crippen molar-refractivity contribution in [1.29, 1.82) is 0 Å². The lowest BCUT2D eigenvalue weighted by Gasteiger charge is -2.27. The summed E-state index contributed by atoms with van der Waals surface area (Å²) in [7, 11) is 0. The van der Waals surface area contributed by atoms with E-state index in [0.717, 1.165) is 55.0 Å². The van der Waals surface area contributed by atoms with Gasteiger partial charge in [-0.3, -0.25) is 0 Å². The smallest absolute Gasteiger partial charge is 0.416 e. The molecule has 6 nitrogen and oxygen atoms in total. The molecular formula is C26H35F4N5OS. The van der Waals surface area contributed by atoms with Gasteiger partial charge in [0, 0.05) is 31.4 Å². The highest BCUT2D eigenvalue weighted by molar-refractivity contribution is 8.13. The van der Waals surface area contributed by atoms with E-state index >= 15 is 0 Å². The summed E-state index contributed by atoms with van der Waals surface area (Å²) in [4.78, 5) is 8.37. The third kappa shape index (κ3) is 7.34. The number of nitrogens with zero attached hydrogens (tertiary/aromatic N) is 5. The first kappa shape index (κ1) is 29.2. The summed E-state index contributed by atoms with van der Waals surface area (Å²) < 4.78 is 58.5. The maximum Gasteiger partial charge on any atom is 0.416 e. The number of halogens is 4. The Labute approximate surface area is 220 Å². The normalized spacial score (nSPS) is 20.7. The molecule has 0 aliphatic carbocycles. The highest BCUT2D eigenvalue weighted by Gasteiger charge is 2.42. The second-order valence-electron chi connectivity index (χ2n) is 9.01. The van der Waals surface area contributed by atoms with Crippen molar-refractivity contribution in [2.45, 2.75) is 59.7 Å². The van der Waals surface area contributed by atoms with Crippen molar-refractivity contribution >= 4 is 28.2 Å². The molecule has 1 aromatic carbocycles. The van der Waals surface area contributed by atoms with Gasteiger partial charge in [-0.25, -0.2) is 9.37 Å². The van der Waals surface area contributed by atoms with E-state index in [-0.39, 0.29) is 11.7 Å². The minimum atomic E-state index is -4.54. The Bertz CT molecular complexity index is 1100. The van der Waals surface area contributed by atoms with Gasteiger partial charge in [0.25, 0.3) is 0 Å². The molecule has 2 aromatic rings. The topological polar surface area (TPSA) is 57.2 Å². The summed E-state index contributed by atoms with van der Waals surface area (Å²) in [6, 6.07) is 2.98. The van der Waals surface area contributed by atoms with Crippen LogP contribution in [0.2, 0.25) is 0 Å². The molecule has 0 amide bonds. The van der Waals surface area contributed by atoms with Gasteiger partial charge in [-0.05, 0) is 64.3 Å². The van der Waals surface area contributed by atoms with E-state index in [9.17, 15) is 17.6 Å². The van der Waals surface area contributed by atoms with Crippen LogP contribution < -0.4 is 4.90 Å². The number of hydrogen-bond donors (Lipinski definition) is 0. The monoisotopic (exact) mass is 541 g/mol. The van der Waals surface area contributed by atoms with E-state index in [4.69, 9.17) is 4.42 Å². The lowest BCUT2D eigenvalue weighted by Crippen LogP contribution is -2.36. The molecule has 2 unspecified atom stereocenters.